The first-order valence-electron chi connectivity index (χ1n) is 6.71. The van der Waals surface area contributed by atoms with Crippen molar-refractivity contribution in [1.82, 2.24) is 10.2 Å². The van der Waals surface area contributed by atoms with Crippen LogP contribution in [0.25, 0.3) is 11.5 Å². The van der Waals surface area contributed by atoms with Gasteiger partial charge in [-0.2, -0.15) is 5.26 Å². The lowest BCUT2D eigenvalue weighted by Crippen LogP contribution is -2.15. The monoisotopic (exact) mass is 269 g/mol. The Kier molecular flexibility index (Phi) is 3.48. The van der Waals surface area contributed by atoms with Crippen LogP contribution in [0.2, 0.25) is 0 Å². The molecule has 1 aliphatic heterocycles. The Balaban J connectivity index is 1.92. The first-order valence-corrected chi connectivity index (χ1v) is 6.71. The van der Waals surface area contributed by atoms with Gasteiger partial charge in [0.15, 0.2) is 0 Å². The average Bonchev–Trinajstić information content (AvgIpc) is 2.98. The highest BCUT2D eigenvalue weighted by molar-refractivity contribution is 5.62. The third kappa shape index (κ3) is 2.30. The first kappa shape index (κ1) is 12.8. The normalized spacial score (nSPS) is 18.7. The molecular weight excluding hydrogens is 254 g/mol. The minimum Gasteiger partial charge on any atom is -0.420 e. The summed E-state index contributed by atoms with van der Waals surface area (Å²) in [5.74, 6) is 1.28. The Morgan fingerprint density at radius 1 is 1.35 bits per heavy atom. The molecule has 1 unspecified atom stereocenters. The van der Waals surface area contributed by atoms with Crippen molar-refractivity contribution in [2.45, 2.75) is 25.7 Å². The average molecular weight is 269 g/mol. The highest BCUT2D eigenvalue weighted by Crippen LogP contribution is 2.29. The van der Waals surface area contributed by atoms with E-state index in [4.69, 9.17) is 14.4 Å². The smallest absolute Gasteiger partial charge is 0.248 e. The molecule has 0 amide bonds. The quantitative estimate of drug-likeness (QED) is 0.838. The van der Waals surface area contributed by atoms with Gasteiger partial charge in [0.25, 0.3) is 0 Å². The minimum absolute atomic E-state index is 0.185. The van der Waals surface area contributed by atoms with E-state index in [2.05, 4.69) is 16.3 Å². The molecule has 20 heavy (non-hydrogen) atoms. The zero-order chi connectivity index (χ0) is 13.9. The number of rotatable bonds is 2. The molecule has 5 heteroatoms. The van der Waals surface area contributed by atoms with Crippen LogP contribution in [0.15, 0.2) is 22.6 Å². The summed E-state index contributed by atoms with van der Waals surface area (Å²) in [5.41, 5.74) is 2.31. The van der Waals surface area contributed by atoms with Crippen LogP contribution in [0.4, 0.5) is 0 Å². The fourth-order valence-electron chi connectivity index (χ4n) is 2.43. The summed E-state index contributed by atoms with van der Waals surface area (Å²) in [6.07, 6.45) is 2.03. The number of nitriles is 1. The second kappa shape index (κ2) is 5.43. The molecule has 0 aliphatic carbocycles. The molecule has 2 heterocycles. The Hall–Kier alpha value is -2.19. The van der Waals surface area contributed by atoms with Crippen molar-refractivity contribution in [2.24, 2.45) is 0 Å². The highest BCUT2D eigenvalue weighted by Gasteiger charge is 2.22. The molecular formula is C15H15N3O2. The van der Waals surface area contributed by atoms with E-state index in [0.717, 1.165) is 30.6 Å². The van der Waals surface area contributed by atoms with E-state index in [-0.39, 0.29) is 5.92 Å². The van der Waals surface area contributed by atoms with Crippen LogP contribution in [0.1, 0.15) is 35.8 Å². The zero-order valence-electron chi connectivity index (χ0n) is 11.3. The molecule has 0 bridgehead atoms. The molecule has 1 fully saturated rings. The summed E-state index contributed by atoms with van der Waals surface area (Å²) >= 11 is 0. The lowest BCUT2D eigenvalue weighted by Gasteiger charge is -2.18. The predicted octanol–water partition coefficient (Wildman–Crippen LogP) is 2.81. The van der Waals surface area contributed by atoms with Crippen molar-refractivity contribution in [3.63, 3.8) is 0 Å². The van der Waals surface area contributed by atoms with Crippen LogP contribution in [-0.4, -0.2) is 23.4 Å². The Morgan fingerprint density at radius 2 is 2.25 bits per heavy atom. The van der Waals surface area contributed by atoms with Gasteiger partial charge in [-0.3, -0.25) is 0 Å². The number of nitrogens with zero attached hydrogens (tertiary/aromatic N) is 3. The van der Waals surface area contributed by atoms with Crippen molar-refractivity contribution >= 4 is 0 Å². The van der Waals surface area contributed by atoms with E-state index in [1.54, 1.807) is 6.07 Å². The van der Waals surface area contributed by atoms with Gasteiger partial charge in [-0.1, -0.05) is 6.07 Å². The number of aromatic nitrogens is 2. The number of hydrogen-bond acceptors (Lipinski definition) is 5. The van der Waals surface area contributed by atoms with Crippen molar-refractivity contribution < 1.29 is 9.15 Å². The SMILES string of the molecule is Cc1c(C#N)cccc1-c1nnc(C2CCCOC2)o1. The Labute approximate surface area is 117 Å². The molecule has 1 aromatic carbocycles. The number of ether oxygens (including phenoxy) is 1. The molecule has 0 saturated carbocycles. The fraction of sp³-hybridized carbons (Fsp3) is 0.400. The predicted molar refractivity (Wildman–Crippen MR) is 72.0 cm³/mol. The topological polar surface area (TPSA) is 71.9 Å². The largest absolute Gasteiger partial charge is 0.420 e. The van der Waals surface area contributed by atoms with Crippen LogP contribution in [0.3, 0.4) is 0 Å². The number of benzene rings is 1. The molecule has 1 aromatic heterocycles. The molecule has 1 atom stereocenters. The maximum Gasteiger partial charge on any atom is 0.248 e. The fourth-order valence-corrected chi connectivity index (χ4v) is 2.43. The van der Waals surface area contributed by atoms with Gasteiger partial charge in [0, 0.05) is 12.2 Å². The van der Waals surface area contributed by atoms with E-state index in [9.17, 15) is 0 Å². The third-order valence-electron chi connectivity index (χ3n) is 3.63. The minimum atomic E-state index is 0.185. The van der Waals surface area contributed by atoms with Gasteiger partial charge in [-0.15, -0.1) is 10.2 Å². The first-order chi connectivity index (χ1) is 9.79. The molecule has 2 aromatic rings. The van der Waals surface area contributed by atoms with Crippen LogP contribution < -0.4 is 0 Å². The summed E-state index contributed by atoms with van der Waals surface area (Å²) in [6, 6.07) is 7.67. The summed E-state index contributed by atoms with van der Waals surface area (Å²) in [4.78, 5) is 0. The zero-order valence-corrected chi connectivity index (χ0v) is 11.3. The van der Waals surface area contributed by atoms with E-state index in [1.807, 2.05) is 19.1 Å². The second-order valence-corrected chi connectivity index (χ2v) is 4.95. The van der Waals surface area contributed by atoms with Crippen molar-refractivity contribution in [2.75, 3.05) is 13.2 Å². The molecule has 5 nitrogen and oxygen atoms in total. The van der Waals surface area contributed by atoms with Gasteiger partial charge < -0.3 is 9.15 Å². The molecule has 1 saturated heterocycles. The van der Waals surface area contributed by atoms with Crippen LogP contribution in [-0.2, 0) is 4.74 Å². The van der Waals surface area contributed by atoms with Crippen molar-refractivity contribution in [3.05, 3.63) is 35.2 Å². The van der Waals surface area contributed by atoms with Gasteiger partial charge >= 0.3 is 0 Å². The molecule has 3 rings (SSSR count). The Morgan fingerprint density at radius 3 is 3.00 bits per heavy atom. The Bertz CT molecular complexity index is 651. The van der Waals surface area contributed by atoms with Crippen molar-refractivity contribution in [1.29, 1.82) is 5.26 Å². The molecule has 1 aliphatic rings. The van der Waals surface area contributed by atoms with Gasteiger partial charge in [-0.25, -0.2) is 0 Å². The van der Waals surface area contributed by atoms with Crippen LogP contribution >= 0.6 is 0 Å². The van der Waals surface area contributed by atoms with Crippen LogP contribution in [0, 0.1) is 18.3 Å². The lowest BCUT2D eigenvalue weighted by molar-refractivity contribution is 0.0727. The standard InChI is InChI=1S/C15H15N3O2/c1-10-11(8-16)4-2-6-13(10)15-18-17-14(20-15)12-5-3-7-19-9-12/h2,4,6,12H,3,5,7,9H2,1H3. The molecule has 0 spiro atoms. The maximum atomic E-state index is 9.07. The van der Waals surface area contributed by atoms with Crippen LogP contribution in [0.5, 0.6) is 0 Å². The molecule has 0 N–H and O–H groups in total. The van der Waals surface area contributed by atoms with Gasteiger partial charge in [0.05, 0.1) is 24.2 Å². The van der Waals surface area contributed by atoms with Gasteiger partial charge in [0.2, 0.25) is 11.8 Å². The van der Waals surface area contributed by atoms with E-state index in [1.165, 1.54) is 0 Å². The third-order valence-corrected chi connectivity index (χ3v) is 3.63. The number of hydrogen-bond donors (Lipinski definition) is 0. The van der Waals surface area contributed by atoms with Gasteiger partial charge in [0.1, 0.15) is 0 Å². The van der Waals surface area contributed by atoms with Crippen molar-refractivity contribution in [3.8, 4) is 17.5 Å². The summed E-state index contributed by atoms with van der Waals surface area (Å²) in [5, 5.41) is 17.3. The maximum absolute atomic E-state index is 9.07. The molecule has 102 valence electrons. The van der Waals surface area contributed by atoms with Gasteiger partial charge in [-0.05, 0) is 37.5 Å². The lowest BCUT2D eigenvalue weighted by atomic mass is 10.0. The summed E-state index contributed by atoms with van der Waals surface area (Å²) in [6.45, 7) is 3.33. The van der Waals surface area contributed by atoms with E-state index >= 15 is 0 Å². The second-order valence-electron chi connectivity index (χ2n) is 4.95. The van der Waals surface area contributed by atoms with E-state index in [0.29, 0.717) is 24.0 Å². The summed E-state index contributed by atoms with van der Waals surface area (Å²) < 4.78 is 11.2. The summed E-state index contributed by atoms with van der Waals surface area (Å²) in [7, 11) is 0. The van der Waals surface area contributed by atoms with E-state index < -0.39 is 0 Å². The molecule has 0 radical (unpaired) electrons. The highest BCUT2D eigenvalue weighted by atomic mass is 16.5.